The highest BCUT2D eigenvalue weighted by Crippen LogP contribution is 2.31. The number of methoxy groups -OCH3 is 1. The maximum absolute atomic E-state index is 12.3. The van der Waals surface area contributed by atoms with Crippen LogP contribution in [-0.4, -0.2) is 60.8 Å². The zero-order valence-corrected chi connectivity index (χ0v) is 15.8. The van der Waals surface area contributed by atoms with Gasteiger partial charge >= 0.3 is 0 Å². The first kappa shape index (κ1) is 19.4. The molecule has 1 aromatic rings. The zero-order chi connectivity index (χ0) is 19.2. The Labute approximate surface area is 159 Å². The summed E-state index contributed by atoms with van der Waals surface area (Å²) in [5.41, 5.74) is 1.06. The Morgan fingerprint density at radius 2 is 1.81 bits per heavy atom. The number of hydrogen-bond acceptors (Lipinski definition) is 5. The van der Waals surface area contributed by atoms with Gasteiger partial charge in [-0.2, -0.15) is 0 Å². The monoisotopic (exact) mass is 373 g/mol. The minimum atomic E-state index is -0.184. The summed E-state index contributed by atoms with van der Waals surface area (Å²) in [6, 6.07) is 7.93. The van der Waals surface area contributed by atoms with Crippen LogP contribution in [0.5, 0.6) is 5.75 Å². The molecule has 0 spiro atoms. The third-order valence-corrected chi connectivity index (χ3v) is 5.29. The summed E-state index contributed by atoms with van der Waals surface area (Å²) in [5, 5.41) is 2.98. The number of ether oxygens (including phenoxy) is 1. The Bertz CT molecular complexity index is 684. The van der Waals surface area contributed by atoms with Gasteiger partial charge in [0.05, 0.1) is 13.2 Å². The van der Waals surface area contributed by atoms with Crippen LogP contribution in [0.1, 0.15) is 43.7 Å². The van der Waals surface area contributed by atoms with E-state index in [2.05, 4.69) is 10.2 Å². The zero-order valence-electron chi connectivity index (χ0n) is 15.8. The minimum Gasteiger partial charge on any atom is -0.496 e. The molecule has 1 N–H and O–H groups in total. The van der Waals surface area contributed by atoms with Crippen LogP contribution in [0.2, 0.25) is 0 Å². The van der Waals surface area contributed by atoms with E-state index in [1.165, 1.54) is 4.90 Å². The van der Waals surface area contributed by atoms with Gasteiger partial charge < -0.3 is 10.1 Å². The molecule has 3 amide bonds. The van der Waals surface area contributed by atoms with Crippen LogP contribution in [-0.2, 0) is 14.4 Å². The molecule has 2 aliphatic heterocycles. The lowest BCUT2D eigenvalue weighted by atomic mass is 10.0. The highest BCUT2D eigenvalue weighted by atomic mass is 16.5. The number of carbonyl (C=O) groups excluding carboxylic acids is 3. The second-order valence-electron chi connectivity index (χ2n) is 6.99. The van der Waals surface area contributed by atoms with Crippen LogP contribution in [0, 0.1) is 0 Å². The molecule has 3 rings (SSSR count). The fourth-order valence-corrected chi connectivity index (χ4v) is 3.82. The Kier molecular flexibility index (Phi) is 6.45. The summed E-state index contributed by atoms with van der Waals surface area (Å²) < 4.78 is 5.51. The summed E-state index contributed by atoms with van der Waals surface area (Å²) in [7, 11) is 1.66. The second kappa shape index (κ2) is 8.99. The molecule has 0 aromatic heterocycles. The van der Waals surface area contributed by atoms with Crippen molar-refractivity contribution in [3.8, 4) is 5.75 Å². The van der Waals surface area contributed by atoms with E-state index in [4.69, 9.17) is 4.74 Å². The number of likely N-dealkylation sites (tertiary alicyclic amines) is 2. The normalized spacial score (nSPS) is 18.8. The van der Waals surface area contributed by atoms with Gasteiger partial charge in [0, 0.05) is 37.9 Å². The number of nitrogens with one attached hydrogen (secondary N) is 1. The van der Waals surface area contributed by atoms with Crippen molar-refractivity contribution >= 4 is 17.7 Å². The van der Waals surface area contributed by atoms with E-state index < -0.39 is 0 Å². The number of rotatable bonds is 8. The van der Waals surface area contributed by atoms with E-state index in [-0.39, 0.29) is 49.6 Å². The lowest BCUT2D eigenvalue weighted by molar-refractivity contribution is -0.138. The molecule has 2 fully saturated rings. The number of benzene rings is 1. The molecule has 146 valence electrons. The third kappa shape index (κ3) is 4.66. The van der Waals surface area contributed by atoms with Crippen LogP contribution in [0.15, 0.2) is 24.3 Å². The molecular formula is C20H27N3O4. The molecule has 1 unspecified atom stereocenters. The van der Waals surface area contributed by atoms with Crippen molar-refractivity contribution in [2.45, 2.75) is 38.1 Å². The molecule has 1 aromatic carbocycles. The van der Waals surface area contributed by atoms with Gasteiger partial charge in [-0.3, -0.25) is 24.2 Å². The van der Waals surface area contributed by atoms with Gasteiger partial charge in [0.2, 0.25) is 17.7 Å². The summed E-state index contributed by atoms with van der Waals surface area (Å²) in [6.45, 7) is 2.62. The predicted octanol–water partition coefficient (Wildman–Crippen LogP) is 1.49. The van der Waals surface area contributed by atoms with Gasteiger partial charge in [-0.25, -0.2) is 0 Å². The molecule has 0 bridgehead atoms. The summed E-state index contributed by atoms with van der Waals surface area (Å²) >= 11 is 0. The van der Waals surface area contributed by atoms with Crippen molar-refractivity contribution < 1.29 is 19.1 Å². The van der Waals surface area contributed by atoms with Crippen LogP contribution in [0.25, 0.3) is 0 Å². The largest absolute Gasteiger partial charge is 0.496 e. The maximum atomic E-state index is 12.3. The van der Waals surface area contributed by atoms with Gasteiger partial charge in [0.15, 0.2) is 0 Å². The van der Waals surface area contributed by atoms with Crippen molar-refractivity contribution in [1.29, 1.82) is 0 Å². The average molecular weight is 373 g/mol. The first-order valence-electron chi connectivity index (χ1n) is 9.57. The molecule has 7 heteroatoms. The third-order valence-electron chi connectivity index (χ3n) is 5.29. The van der Waals surface area contributed by atoms with Gasteiger partial charge in [-0.05, 0) is 32.0 Å². The molecule has 2 aliphatic rings. The Hall–Kier alpha value is -2.41. The van der Waals surface area contributed by atoms with Crippen molar-refractivity contribution in [3.05, 3.63) is 29.8 Å². The predicted molar refractivity (Wildman–Crippen MR) is 100 cm³/mol. The van der Waals surface area contributed by atoms with E-state index >= 15 is 0 Å². The number of nitrogens with zero attached hydrogens (tertiary/aromatic N) is 2. The lowest BCUT2D eigenvalue weighted by Crippen LogP contribution is -2.39. The molecule has 0 saturated carbocycles. The first-order valence-corrected chi connectivity index (χ1v) is 9.57. The van der Waals surface area contributed by atoms with E-state index in [0.29, 0.717) is 6.54 Å². The Balaban J connectivity index is 1.60. The van der Waals surface area contributed by atoms with E-state index in [1.807, 2.05) is 24.3 Å². The highest BCUT2D eigenvalue weighted by molar-refractivity contribution is 6.02. The lowest BCUT2D eigenvalue weighted by Gasteiger charge is -2.29. The molecule has 7 nitrogen and oxygen atoms in total. The van der Waals surface area contributed by atoms with Gasteiger partial charge in [0.1, 0.15) is 5.75 Å². The van der Waals surface area contributed by atoms with Gasteiger partial charge in [-0.1, -0.05) is 18.2 Å². The second-order valence-corrected chi connectivity index (χ2v) is 6.99. The minimum absolute atomic E-state index is 0.0441. The smallest absolute Gasteiger partial charge is 0.229 e. The van der Waals surface area contributed by atoms with Crippen LogP contribution in [0.4, 0.5) is 0 Å². The average Bonchev–Trinajstić information content (AvgIpc) is 3.31. The summed E-state index contributed by atoms with van der Waals surface area (Å²) in [5.74, 6) is 0.298. The molecule has 1 atom stereocenters. The SMILES string of the molecule is COc1ccccc1C(CNC(=O)CCN1C(=O)CCC1=O)N1CCCC1. The van der Waals surface area contributed by atoms with Crippen LogP contribution < -0.4 is 10.1 Å². The molecule has 0 radical (unpaired) electrons. The molecule has 2 saturated heterocycles. The van der Waals surface area contributed by atoms with Crippen molar-refractivity contribution in [3.63, 3.8) is 0 Å². The number of carbonyl (C=O) groups is 3. The topological polar surface area (TPSA) is 79.0 Å². The number of amides is 3. The summed E-state index contributed by atoms with van der Waals surface area (Å²) in [4.78, 5) is 39.2. The summed E-state index contributed by atoms with van der Waals surface area (Å²) in [6.07, 6.45) is 2.95. The number of imide groups is 1. The standard InChI is InChI=1S/C20H27N3O4/c1-27-17-7-3-2-6-15(17)16(22-11-4-5-12-22)14-21-18(24)10-13-23-19(25)8-9-20(23)26/h2-3,6-7,16H,4-5,8-14H2,1H3,(H,21,24). The Morgan fingerprint density at radius 1 is 1.15 bits per heavy atom. The van der Waals surface area contributed by atoms with Crippen molar-refractivity contribution in [2.75, 3.05) is 33.3 Å². The number of para-hydroxylation sites is 1. The fraction of sp³-hybridized carbons (Fsp3) is 0.550. The molecule has 2 heterocycles. The molecule has 27 heavy (non-hydrogen) atoms. The maximum Gasteiger partial charge on any atom is 0.229 e. The van der Waals surface area contributed by atoms with Gasteiger partial charge in [0.25, 0.3) is 0 Å². The van der Waals surface area contributed by atoms with E-state index in [0.717, 1.165) is 37.2 Å². The quantitative estimate of drug-likeness (QED) is 0.699. The molecular weight excluding hydrogens is 346 g/mol. The Morgan fingerprint density at radius 3 is 2.48 bits per heavy atom. The van der Waals surface area contributed by atoms with E-state index in [1.54, 1.807) is 7.11 Å². The van der Waals surface area contributed by atoms with Gasteiger partial charge in [-0.15, -0.1) is 0 Å². The number of hydrogen-bond donors (Lipinski definition) is 1. The fourth-order valence-electron chi connectivity index (χ4n) is 3.82. The van der Waals surface area contributed by atoms with Crippen LogP contribution in [0.3, 0.4) is 0 Å². The van der Waals surface area contributed by atoms with Crippen molar-refractivity contribution in [2.24, 2.45) is 0 Å². The van der Waals surface area contributed by atoms with Crippen LogP contribution >= 0.6 is 0 Å². The molecule has 0 aliphatic carbocycles. The van der Waals surface area contributed by atoms with E-state index in [9.17, 15) is 14.4 Å². The van der Waals surface area contributed by atoms with Crippen molar-refractivity contribution in [1.82, 2.24) is 15.1 Å². The first-order chi connectivity index (χ1) is 13.1. The highest BCUT2D eigenvalue weighted by Gasteiger charge is 2.29.